The summed E-state index contributed by atoms with van der Waals surface area (Å²) in [7, 11) is -1.00. The molecule has 1 N–H and O–H groups in total. The molecule has 0 spiro atoms. The van der Waals surface area contributed by atoms with Gasteiger partial charge in [0.25, 0.3) is 0 Å². The summed E-state index contributed by atoms with van der Waals surface area (Å²) in [5.74, 6) is -0.0477. The number of sulfonamides is 1. The zero-order chi connectivity index (χ0) is 27.9. The first-order valence-electron chi connectivity index (χ1n) is 12.6. The maximum absolute atomic E-state index is 13.9. The predicted octanol–water partition coefficient (Wildman–Crippen LogP) is 3.99. The average molecular weight is 566 g/mol. The van der Waals surface area contributed by atoms with Crippen LogP contribution in [0.15, 0.2) is 42.5 Å². The fourth-order valence-electron chi connectivity index (χ4n) is 4.66. The lowest BCUT2D eigenvalue weighted by Crippen LogP contribution is -2.53. The molecule has 9 nitrogen and oxygen atoms in total. The summed E-state index contributed by atoms with van der Waals surface area (Å²) in [5.41, 5.74) is 0.960. The number of halogens is 1. The van der Waals surface area contributed by atoms with Crippen LogP contribution in [0.5, 0.6) is 11.5 Å². The molecule has 0 bridgehead atoms. The minimum Gasteiger partial charge on any atom is -0.497 e. The van der Waals surface area contributed by atoms with E-state index in [1.807, 2.05) is 6.92 Å². The molecule has 0 unspecified atom stereocenters. The zero-order valence-electron chi connectivity index (χ0n) is 22.3. The van der Waals surface area contributed by atoms with Gasteiger partial charge < -0.3 is 19.7 Å². The summed E-state index contributed by atoms with van der Waals surface area (Å²) in [6, 6.07) is 11.0. The van der Waals surface area contributed by atoms with E-state index in [-0.39, 0.29) is 29.9 Å². The molecule has 0 saturated heterocycles. The summed E-state index contributed by atoms with van der Waals surface area (Å²) < 4.78 is 37.4. The van der Waals surface area contributed by atoms with Crippen LogP contribution in [-0.4, -0.2) is 64.2 Å². The van der Waals surface area contributed by atoms with Crippen molar-refractivity contribution in [3.05, 3.63) is 53.1 Å². The number of carbonyl (C=O) groups is 2. The lowest BCUT2D eigenvalue weighted by Gasteiger charge is -2.33. The third-order valence-electron chi connectivity index (χ3n) is 6.69. The van der Waals surface area contributed by atoms with Crippen molar-refractivity contribution in [2.75, 3.05) is 31.3 Å². The molecule has 1 atom stereocenters. The van der Waals surface area contributed by atoms with Gasteiger partial charge in [0, 0.05) is 23.7 Å². The lowest BCUT2D eigenvalue weighted by molar-refractivity contribution is -0.140. The van der Waals surface area contributed by atoms with E-state index in [1.54, 1.807) is 36.4 Å². The Morgan fingerprint density at radius 3 is 2.29 bits per heavy atom. The summed E-state index contributed by atoms with van der Waals surface area (Å²) >= 11 is 6.04. The normalized spacial score (nSPS) is 14.6. The van der Waals surface area contributed by atoms with Crippen molar-refractivity contribution in [3.63, 3.8) is 0 Å². The first-order chi connectivity index (χ1) is 18.1. The number of nitrogens with one attached hydrogen (secondary N) is 1. The lowest BCUT2D eigenvalue weighted by atomic mass is 10.1. The smallest absolute Gasteiger partial charge is 0.244 e. The molecule has 1 aliphatic carbocycles. The molecule has 0 radical (unpaired) electrons. The van der Waals surface area contributed by atoms with E-state index >= 15 is 0 Å². The second-order valence-electron chi connectivity index (χ2n) is 9.37. The van der Waals surface area contributed by atoms with Gasteiger partial charge in [0.05, 0.1) is 26.2 Å². The van der Waals surface area contributed by atoms with Gasteiger partial charge in [0.2, 0.25) is 21.8 Å². The Hall–Kier alpha value is -2.98. The highest BCUT2D eigenvalue weighted by Crippen LogP contribution is 2.34. The highest BCUT2D eigenvalue weighted by Gasteiger charge is 2.33. The van der Waals surface area contributed by atoms with E-state index in [1.165, 1.54) is 25.2 Å². The molecule has 208 valence electrons. The molecule has 1 aliphatic rings. The third kappa shape index (κ3) is 7.54. The third-order valence-corrected chi connectivity index (χ3v) is 8.07. The average Bonchev–Trinajstić information content (AvgIpc) is 3.40. The number of methoxy groups -OCH3 is 2. The second kappa shape index (κ2) is 13.2. The Kier molecular flexibility index (Phi) is 10.3. The first-order valence-corrected chi connectivity index (χ1v) is 14.8. The molecular formula is C27H36ClN3O6S. The number of amides is 2. The minimum atomic E-state index is -3.90. The fraction of sp³-hybridized carbons (Fsp3) is 0.481. The highest BCUT2D eigenvalue weighted by molar-refractivity contribution is 7.92. The van der Waals surface area contributed by atoms with Gasteiger partial charge in [-0.15, -0.1) is 0 Å². The maximum Gasteiger partial charge on any atom is 0.244 e. The van der Waals surface area contributed by atoms with Crippen LogP contribution in [0.1, 0.15) is 44.6 Å². The van der Waals surface area contributed by atoms with E-state index in [2.05, 4.69) is 5.32 Å². The van der Waals surface area contributed by atoms with Crippen molar-refractivity contribution >= 4 is 39.1 Å². The predicted molar refractivity (Wildman–Crippen MR) is 148 cm³/mol. The molecule has 3 rings (SSSR count). The molecule has 0 heterocycles. The molecular weight excluding hydrogens is 530 g/mol. The van der Waals surface area contributed by atoms with Crippen LogP contribution in [0, 0.1) is 0 Å². The summed E-state index contributed by atoms with van der Waals surface area (Å²) in [6.45, 7) is 1.44. The second-order valence-corrected chi connectivity index (χ2v) is 11.7. The van der Waals surface area contributed by atoms with Crippen molar-refractivity contribution in [1.29, 1.82) is 0 Å². The Morgan fingerprint density at radius 2 is 1.74 bits per heavy atom. The van der Waals surface area contributed by atoms with Crippen LogP contribution >= 0.6 is 11.6 Å². The van der Waals surface area contributed by atoms with Crippen LogP contribution in [0.4, 0.5) is 5.69 Å². The molecule has 1 fully saturated rings. The van der Waals surface area contributed by atoms with Gasteiger partial charge in [-0.05, 0) is 49.1 Å². The number of rotatable bonds is 12. The number of hydrogen-bond acceptors (Lipinski definition) is 6. The molecule has 0 aromatic heterocycles. The number of anilines is 1. The van der Waals surface area contributed by atoms with Crippen LogP contribution < -0.4 is 19.1 Å². The Morgan fingerprint density at radius 1 is 1.08 bits per heavy atom. The van der Waals surface area contributed by atoms with Gasteiger partial charge in [-0.2, -0.15) is 0 Å². The van der Waals surface area contributed by atoms with E-state index in [4.69, 9.17) is 21.1 Å². The first kappa shape index (κ1) is 29.6. The van der Waals surface area contributed by atoms with Gasteiger partial charge in [-0.1, -0.05) is 43.5 Å². The molecule has 0 aliphatic heterocycles. The summed E-state index contributed by atoms with van der Waals surface area (Å²) in [4.78, 5) is 28.7. The molecule has 2 aromatic carbocycles. The maximum atomic E-state index is 13.9. The van der Waals surface area contributed by atoms with Gasteiger partial charge >= 0.3 is 0 Å². The largest absolute Gasteiger partial charge is 0.497 e. The van der Waals surface area contributed by atoms with E-state index in [0.29, 0.717) is 17.2 Å². The van der Waals surface area contributed by atoms with Crippen molar-refractivity contribution in [3.8, 4) is 11.5 Å². The number of benzene rings is 2. The van der Waals surface area contributed by atoms with E-state index in [9.17, 15) is 18.0 Å². The molecule has 2 amide bonds. The van der Waals surface area contributed by atoms with E-state index < -0.39 is 28.5 Å². The zero-order valence-corrected chi connectivity index (χ0v) is 23.8. The van der Waals surface area contributed by atoms with Crippen molar-refractivity contribution in [2.24, 2.45) is 0 Å². The number of nitrogens with zero attached hydrogens (tertiary/aromatic N) is 2. The van der Waals surface area contributed by atoms with Crippen molar-refractivity contribution in [1.82, 2.24) is 10.2 Å². The van der Waals surface area contributed by atoms with Gasteiger partial charge in [-0.3, -0.25) is 13.9 Å². The number of ether oxygens (including phenoxy) is 2. The standard InChI is InChI=1S/C27H36ClN3O6S/c1-5-23(27(33)29-21-8-6-7-9-21)30(17-19-10-12-20(28)13-11-19)26(32)18-31(38(4,34)35)24-15-14-22(36-2)16-25(24)37-3/h10-16,21,23H,5-9,17-18H2,1-4H3,(H,29,33)/t23-/m0/s1. The Bertz CT molecular complexity index is 1220. The van der Waals surface area contributed by atoms with Gasteiger partial charge in [-0.25, -0.2) is 8.42 Å². The fourth-order valence-corrected chi connectivity index (χ4v) is 5.64. The van der Waals surface area contributed by atoms with Crippen LogP contribution in [0.25, 0.3) is 0 Å². The molecule has 11 heteroatoms. The molecule has 38 heavy (non-hydrogen) atoms. The van der Waals surface area contributed by atoms with Gasteiger partial charge in [0.15, 0.2) is 0 Å². The van der Waals surface area contributed by atoms with Crippen molar-refractivity contribution in [2.45, 2.75) is 57.7 Å². The summed E-state index contributed by atoms with van der Waals surface area (Å²) in [6.07, 6.45) is 5.32. The monoisotopic (exact) mass is 565 g/mol. The SMILES string of the molecule is CC[C@@H](C(=O)NC1CCCC1)N(Cc1ccc(Cl)cc1)C(=O)CN(c1ccc(OC)cc1OC)S(C)(=O)=O. The molecule has 1 saturated carbocycles. The van der Waals surface area contributed by atoms with Crippen LogP contribution in [0.2, 0.25) is 5.02 Å². The van der Waals surface area contributed by atoms with Gasteiger partial charge in [0.1, 0.15) is 24.1 Å². The molecule has 2 aromatic rings. The Balaban J connectivity index is 1.96. The van der Waals surface area contributed by atoms with Crippen LogP contribution in [-0.2, 0) is 26.2 Å². The number of hydrogen-bond donors (Lipinski definition) is 1. The topological polar surface area (TPSA) is 105 Å². The Labute approximate surface area is 230 Å². The minimum absolute atomic E-state index is 0.0834. The van der Waals surface area contributed by atoms with Crippen LogP contribution in [0.3, 0.4) is 0 Å². The van der Waals surface area contributed by atoms with E-state index in [0.717, 1.165) is 41.8 Å². The summed E-state index contributed by atoms with van der Waals surface area (Å²) in [5, 5.41) is 3.64. The van der Waals surface area contributed by atoms with Crippen molar-refractivity contribution < 1.29 is 27.5 Å². The highest BCUT2D eigenvalue weighted by atomic mass is 35.5. The number of carbonyl (C=O) groups excluding carboxylic acids is 2. The quantitative estimate of drug-likeness (QED) is 0.417.